The number of hydrogen-bond acceptors (Lipinski definition) is 5. The number of nitrogens with zero attached hydrogens (tertiary/aromatic N) is 3. The first kappa shape index (κ1) is 15.7. The van der Waals surface area contributed by atoms with E-state index in [1.165, 1.54) is 32.1 Å². The molecule has 0 aromatic carbocycles. The fourth-order valence-corrected chi connectivity index (χ4v) is 3.10. The van der Waals surface area contributed by atoms with Crippen molar-refractivity contribution in [2.45, 2.75) is 44.4 Å². The van der Waals surface area contributed by atoms with Gasteiger partial charge in [0, 0.05) is 18.3 Å². The maximum atomic E-state index is 8.36. The number of aromatic nitrogens is 2. The largest absolute Gasteiger partial charge is 0.346 e. The molecule has 8 nitrogen and oxygen atoms in total. The van der Waals surface area contributed by atoms with Gasteiger partial charge in [0.05, 0.1) is 26.1 Å². The van der Waals surface area contributed by atoms with Gasteiger partial charge in [-0.1, -0.05) is 19.3 Å². The van der Waals surface area contributed by atoms with Crippen LogP contribution in [-0.4, -0.2) is 38.8 Å². The fourth-order valence-electron chi connectivity index (χ4n) is 3.10. The molecule has 3 rings (SSSR count). The Bertz CT molecular complexity index is 421. The molecule has 1 aromatic rings. The van der Waals surface area contributed by atoms with Gasteiger partial charge in [0.1, 0.15) is 0 Å². The fraction of sp³-hybridized carbons (Fsp3) is 0.769. The SMILES string of the molecule is O=[N+]([O-])O.c1cn(CC2(C3CCCCC3)OCCO2)cn1. The van der Waals surface area contributed by atoms with Crippen molar-refractivity contribution >= 4 is 0 Å². The molecule has 1 aliphatic carbocycles. The summed E-state index contributed by atoms with van der Waals surface area (Å²) in [6, 6.07) is 0. The third-order valence-corrected chi connectivity index (χ3v) is 3.97. The molecule has 1 N–H and O–H groups in total. The van der Waals surface area contributed by atoms with Crippen LogP contribution in [0.2, 0.25) is 0 Å². The van der Waals surface area contributed by atoms with Gasteiger partial charge in [0.15, 0.2) is 5.79 Å². The molecule has 1 saturated carbocycles. The van der Waals surface area contributed by atoms with E-state index in [9.17, 15) is 0 Å². The number of hydrogen-bond donors (Lipinski definition) is 1. The molecule has 0 bridgehead atoms. The zero-order valence-corrected chi connectivity index (χ0v) is 11.9. The van der Waals surface area contributed by atoms with Crippen LogP contribution in [0.25, 0.3) is 0 Å². The summed E-state index contributed by atoms with van der Waals surface area (Å²) in [7, 11) is 0. The minimum atomic E-state index is -1.50. The molecule has 0 spiro atoms. The van der Waals surface area contributed by atoms with E-state index in [1.54, 1.807) is 0 Å². The maximum Gasteiger partial charge on any atom is 0.291 e. The van der Waals surface area contributed by atoms with Crippen LogP contribution >= 0.6 is 0 Å². The number of imidazole rings is 1. The van der Waals surface area contributed by atoms with Gasteiger partial charge in [-0.2, -0.15) is 0 Å². The van der Waals surface area contributed by atoms with Gasteiger partial charge in [-0.05, 0) is 12.8 Å². The average molecular weight is 299 g/mol. The molecule has 8 heteroatoms. The van der Waals surface area contributed by atoms with Gasteiger partial charge in [-0.25, -0.2) is 4.98 Å². The summed E-state index contributed by atoms with van der Waals surface area (Å²) in [5.74, 6) is 0.155. The van der Waals surface area contributed by atoms with Crippen LogP contribution < -0.4 is 0 Å². The van der Waals surface area contributed by atoms with Crippen LogP contribution in [0.3, 0.4) is 0 Å². The Morgan fingerprint density at radius 3 is 2.48 bits per heavy atom. The lowest BCUT2D eigenvalue weighted by Crippen LogP contribution is -2.44. The third kappa shape index (κ3) is 4.40. The van der Waals surface area contributed by atoms with Crippen molar-refractivity contribution in [1.29, 1.82) is 0 Å². The Balaban J connectivity index is 0.000000361. The monoisotopic (exact) mass is 299 g/mol. The highest BCUT2D eigenvalue weighted by atomic mass is 16.9. The summed E-state index contributed by atoms with van der Waals surface area (Å²) in [6.45, 7) is 2.23. The normalized spacial score (nSPS) is 21.5. The van der Waals surface area contributed by atoms with E-state index in [1.807, 2.05) is 18.7 Å². The Morgan fingerprint density at radius 1 is 1.33 bits per heavy atom. The summed E-state index contributed by atoms with van der Waals surface area (Å²) >= 11 is 0. The lowest BCUT2D eigenvalue weighted by atomic mass is 9.83. The molecule has 0 unspecified atom stereocenters. The molecule has 118 valence electrons. The van der Waals surface area contributed by atoms with Gasteiger partial charge in [-0.15, -0.1) is 10.1 Å². The van der Waals surface area contributed by atoms with Gasteiger partial charge in [-0.3, -0.25) is 0 Å². The Labute approximate surface area is 122 Å². The van der Waals surface area contributed by atoms with Gasteiger partial charge in [0.2, 0.25) is 0 Å². The average Bonchev–Trinajstić information content (AvgIpc) is 3.12. The molecule has 1 aliphatic heterocycles. The highest BCUT2D eigenvalue weighted by molar-refractivity contribution is 4.87. The first-order valence-electron chi connectivity index (χ1n) is 7.19. The summed E-state index contributed by atoms with van der Waals surface area (Å²) in [5.41, 5.74) is 0. The van der Waals surface area contributed by atoms with Gasteiger partial charge < -0.3 is 19.2 Å². The third-order valence-electron chi connectivity index (χ3n) is 3.97. The maximum absolute atomic E-state index is 8.36. The topological polar surface area (TPSA) is 99.7 Å². The van der Waals surface area contributed by atoms with Crippen molar-refractivity contribution in [2.24, 2.45) is 5.92 Å². The molecular weight excluding hydrogens is 278 g/mol. The van der Waals surface area contributed by atoms with E-state index >= 15 is 0 Å². The van der Waals surface area contributed by atoms with Gasteiger partial charge in [0.25, 0.3) is 5.09 Å². The Kier molecular flexibility index (Phi) is 5.51. The minimum absolute atomic E-state index is 0.388. The summed E-state index contributed by atoms with van der Waals surface area (Å²) in [5, 5.41) is 13.6. The predicted molar refractivity (Wildman–Crippen MR) is 72.2 cm³/mol. The lowest BCUT2D eigenvalue weighted by Gasteiger charge is -2.38. The molecule has 0 amide bonds. The van der Waals surface area contributed by atoms with Crippen LogP contribution in [0.1, 0.15) is 32.1 Å². The minimum Gasteiger partial charge on any atom is -0.346 e. The van der Waals surface area contributed by atoms with Crippen molar-refractivity contribution in [3.63, 3.8) is 0 Å². The molecule has 2 aliphatic rings. The summed E-state index contributed by atoms with van der Waals surface area (Å²) < 4.78 is 14.0. The summed E-state index contributed by atoms with van der Waals surface area (Å²) in [4.78, 5) is 12.5. The molecule has 0 radical (unpaired) electrons. The molecule has 2 heterocycles. The van der Waals surface area contributed by atoms with E-state index < -0.39 is 5.09 Å². The van der Waals surface area contributed by atoms with Crippen molar-refractivity contribution in [3.05, 3.63) is 28.8 Å². The highest BCUT2D eigenvalue weighted by Crippen LogP contribution is 2.39. The second-order valence-corrected chi connectivity index (χ2v) is 5.32. The molecular formula is C13H21N3O5. The zero-order chi connectivity index (χ0) is 15.1. The quantitative estimate of drug-likeness (QED) is 0.675. The molecule has 1 saturated heterocycles. The van der Waals surface area contributed by atoms with Crippen molar-refractivity contribution in [3.8, 4) is 0 Å². The Hall–Kier alpha value is -1.67. The van der Waals surface area contributed by atoms with Crippen LogP contribution in [0.15, 0.2) is 18.7 Å². The lowest BCUT2D eigenvalue weighted by molar-refractivity contribution is -0.742. The van der Waals surface area contributed by atoms with E-state index in [-0.39, 0.29) is 5.79 Å². The molecule has 1 aromatic heterocycles. The molecule has 0 atom stereocenters. The van der Waals surface area contributed by atoms with E-state index in [0.29, 0.717) is 5.92 Å². The van der Waals surface area contributed by atoms with E-state index in [2.05, 4.69) is 9.55 Å². The molecule has 2 fully saturated rings. The standard InChI is InChI=1S/C13H20N2O2.HNO3/c1-2-4-12(5-3-1)13(16-8-9-17-13)10-15-7-6-14-11-15;2-1(3)4/h6-7,11-12H,1-5,8-10H2;(H,2,3,4). The second kappa shape index (κ2) is 7.37. The van der Waals surface area contributed by atoms with Crippen LogP contribution in [0.4, 0.5) is 0 Å². The van der Waals surface area contributed by atoms with Crippen LogP contribution in [-0.2, 0) is 16.0 Å². The summed E-state index contributed by atoms with van der Waals surface area (Å²) in [6.07, 6.45) is 12.1. The molecule has 21 heavy (non-hydrogen) atoms. The predicted octanol–water partition coefficient (Wildman–Crippen LogP) is 1.86. The number of ether oxygens (including phenoxy) is 2. The van der Waals surface area contributed by atoms with Crippen molar-refractivity contribution in [1.82, 2.24) is 9.55 Å². The second-order valence-electron chi connectivity index (χ2n) is 5.32. The Morgan fingerprint density at radius 2 is 1.95 bits per heavy atom. The van der Waals surface area contributed by atoms with Crippen LogP contribution in [0, 0.1) is 16.0 Å². The smallest absolute Gasteiger partial charge is 0.291 e. The number of rotatable bonds is 3. The first-order valence-corrected chi connectivity index (χ1v) is 7.19. The highest BCUT2D eigenvalue weighted by Gasteiger charge is 2.44. The van der Waals surface area contributed by atoms with Crippen molar-refractivity contribution < 1.29 is 19.8 Å². The van der Waals surface area contributed by atoms with Gasteiger partial charge >= 0.3 is 0 Å². The van der Waals surface area contributed by atoms with Crippen molar-refractivity contribution in [2.75, 3.05) is 13.2 Å². The van der Waals surface area contributed by atoms with E-state index in [0.717, 1.165) is 19.8 Å². The zero-order valence-electron chi connectivity index (χ0n) is 11.9. The van der Waals surface area contributed by atoms with E-state index in [4.69, 9.17) is 24.8 Å². The first-order chi connectivity index (χ1) is 10.1. The van der Waals surface area contributed by atoms with Crippen LogP contribution in [0.5, 0.6) is 0 Å².